The number of fused-ring (bicyclic) bond motifs is 1. The van der Waals surface area contributed by atoms with Crippen LogP contribution in [-0.4, -0.2) is 63.5 Å². The molecule has 0 amide bonds. The number of pyridine rings is 1. The van der Waals surface area contributed by atoms with Crippen molar-refractivity contribution >= 4 is 51.6 Å². The molecule has 1 aliphatic rings. The van der Waals surface area contributed by atoms with Crippen LogP contribution in [0.1, 0.15) is 37.4 Å². The molecule has 3 atom stereocenters. The van der Waals surface area contributed by atoms with E-state index in [-0.39, 0.29) is 18.3 Å². The molecule has 1 saturated heterocycles. The molecule has 3 heterocycles. The molecule has 3 aromatic rings. The van der Waals surface area contributed by atoms with Crippen molar-refractivity contribution in [3.63, 3.8) is 0 Å². The van der Waals surface area contributed by atoms with Gasteiger partial charge in [-0.15, -0.1) is 11.3 Å². The van der Waals surface area contributed by atoms with Gasteiger partial charge < -0.3 is 19.8 Å². The highest BCUT2D eigenvalue weighted by Gasteiger charge is 2.31. The first-order chi connectivity index (χ1) is 16.9. The number of benzene rings is 1. The molecule has 1 aliphatic heterocycles. The zero-order chi connectivity index (χ0) is 24.8. The zero-order valence-corrected chi connectivity index (χ0v) is 22.0. The smallest absolute Gasteiger partial charge is 0.303 e. The van der Waals surface area contributed by atoms with Crippen molar-refractivity contribution in [2.24, 2.45) is 11.8 Å². The molecule has 0 radical (unpaired) electrons. The number of aromatic nitrogens is 2. The molecule has 0 bridgehead atoms. The monoisotopic (exact) mass is 535 g/mol. The Balaban J connectivity index is 1.39. The highest BCUT2D eigenvalue weighted by Crippen LogP contribution is 2.37. The van der Waals surface area contributed by atoms with Gasteiger partial charge in [-0.25, -0.2) is 4.98 Å². The fraction of sp³-hybridized carbons (Fsp3) is 0.480. The molecule has 35 heavy (non-hydrogen) atoms. The van der Waals surface area contributed by atoms with Crippen molar-refractivity contribution in [1.82, 2.24) is 14.9 Å². The average molecular weight is 536 g/mol. The van der Waals surface area contributed by atoms with E-state index in [1.807, 2.05) is 29.8 Å². The number of nitrogens with zero attached hydrogens (tertiary/aromatic N) is 3. The first-order valence-electron chi connectivity index (χ1n) is 11.7. The fourth-order valence-electron chi connectivity index (χ4n) is 4.89. The normalized spacial score (nSPS) is 19.6. The first-order valence-corrected chi connectivity index (χ1v) is 14.0. The van der Waals surface area contributed by atoms with Crippen LogP contribution in [-0.2, 0) is 4.79 Å². The summed E-state index contributed by atoms with van der Waals surface area (Å²) in [6, 6.07) is 5.54. The number of aliphatic carboxylic acids is 1. The summed E-state index contributed by atoms with van der Waals surface area (Å²) < 4.78 is 6.41. The van der Waals surface area contributed by atoms with E-state index in [2.05, 4.69) is 14.9 Å². The van der Waals surface area contributed by atoms with E-state index >= 15 is 0 Å². The summed E-state index contributed by atoms with van der Waals surface area (Å²) in [4.78, 5) is 22.6. The summed E-state index contributed by atoms with van der Waals surface area (Å²) in [5, 5.41) is 23.8. The average Bonchev–Trinajstić information content (AvgIpc) is 3.36. The predicted molar refractivity (Wildman–Crippen MR) is 141 cm³/mol. The Morgan fingerprint density at radius 1 is 1.37 bits per heavy atom. The quantitative estimate of drug-likeness (QED) is 0.316. The number of rotatable bonds is 11. The largest absolute Gasteiger partial charge is 0.497 e. The van der Waals surface area contributed by atoms with Crippen LogP contribution in [0.4, 0.5) is 0 Å². The lowest BCUT2D eigenvalue weighted by molar-refractivity contribution is -0.139. The van der Waals surface area contributed by atoms with Crippen LogP contribution in [0.3, 0.4) is 0 Å². The second kappa shape index (κ2) is 12.4. The first kappa shape index (κ1) is 26.2. The number of hydrogen-bond donors (Lipinski definition) is 2. The third kappa shape index (κ3) is 6.86. The number of thiazole rings is 1. The fourth-order valence-corrected chi connectivity index (χ4v) is 6.87. The van der Waals surface area contributed by atoms with Gasteiger partial charge in [-0.3, -0.25) is 9.78 Å². The van der Waals surface area contributed by atoms with E-state index in [1.54, 1.807) is 36.4 Å². The van der Waals surface area contributed by atoms with Gasteiger partial charge in [0.1, 0.15) is 10.1 Å². The topological polar surface area (TPSA) is 95.8 Å². The number of ether oxygens (including phenoxy) is 1. The molecule has 1 fully saturated rings. The van der Waals surface area contributed by atoms with Gasteiger partial charge in [-0.1, -0.05) is 23.4 Å². The Morgan fingerprint density at radius 2 is 2.23 bits per heavy atom. The van der Waals surface area contributed by atoms with E-state index in [0.29, 0.717) is 22.8 Å². The number of piperidine rings is 1. The van der Waals surface area contributed by atoms with Crippen LogP contribution in [0.15, 0.2) is 40.3 Å². The molecule has 188 valence electrons. The van der Waals surface area contributed by atoms with Crippen molar-refractivity contribution < 1.29 is 19.7 Å². The minimum atomic E-state index is -0.769. The molecular formula is C25H30ClN3O4S2. The Hall–Kier alpha value is -1.91. The Labute approximate surface area is 218 Å². The van der Waals surface area contributed by atoms with Crippen LogP contribution < -0.4 is 4.74 Å². The summed E-state index contributed by atoms with van der Waals surface area (Å²) in [7, 11) is 1.60. The van der Waals surface area contributed by atoms with Crippen molar-refractivity contribution in [2.45, 2.75) is 36.1 Å². The van der Waals surface area contributed by atoms with Gasteiger partial charge in [-0.2, -0.15) is 0 Å². The maximum atomic E-state index is 11.6. The van der Waals surface area contributed by atoms with Crippen LogP contribution in [0.5, 0.6) is 5.75 Å². The SMILES string of the molecule is COc1ccc2ncc(Cl)c(C(O)CCC3CCN(CCSc4nccs4)CC3CC(=O)O)c2c1. The van der Waals surface area contributed by atoms with Crippen LogP contribution >= 0.6 is 34.7 Å². The Bertz CT molecular complexity index is 1130. The number of carbonyl (C=O) groups is 1. The Morgan fingerprint density at radius 3 is 2.97 bits per heavy atom. The molecule has 2 aromatic heterocycles. The van der Waals surface area contributed by atoms with Gasteiger partial charge in [0.15, 0.2) is 0 Å². The predicted octanol–water partition coefficient (Wildman–Crippen LogP) is 5.37. The van der Waals surface area contributed by atoms with Crippen molar-refractivity contribution in [1.29, 1.82) is 0 Å². The second-order valence-electron chi connectivity index (χ2n) is 8.85. The van der Waals surface area contributed by atoms with Crippen molar-refractivity contribution in [3.05, 3.63) is 46.6 Å². The lowest BCUT2D eigenvalue weighted by Crippen LogP contribution is -2.42. The number of halogens is 1. The van der Waals surface area contributed by atoms with E-state index in [1.165, 1.54) is 0 Å². The van der Waals surface area contributed by atoms with Crippen molar-refractivity contribution in [3.8, 4) is 5.75 Å². The molecule has 0 spiro atoms. The molecule has 10 heteroatoms. The van der Waals surface area contributed by atoms with Gasteiger partial charge >= 0.3 is 5.97 Å². The molecule has 1 aromatic carbocycles. The van der Waals surface area contributed by atoms with Gasteiger partial charge in [0.25, 0.3) is 0 Å². The van der Waals surface area contributed by atoms with E-state index in [4.69, 9.17) is 16.3 Å². The number of likely N-dealkylation sites (tertiary alicyclic amines) is 1. The molecular weight excluding hydrogens is 506 g/mol. The Kier molecular flexibility index (Phi) is 9.24. The van der Waals surface area contributed by atoms with Gasteiger partial charge in [0.05, 0.1) is 23.8 Å². The minimum Gasteiger partial charge on any atom is -0.497 e. The number of carboxylic acid groups (broad SMARTS) is 1. The number of aliphatic hydroxyl groups excluding tert-OH is 1. The lowest BCUT2D eigenvalue weighted by atomic mass is 9.79. The van der Waals surface area contributed by atoms with E-state index in [9.17, 15) is 15.0 Å². The number of carboxylic acids is 1. The zero-order valence-electron chi connectivity index (χ0n) is 19.6. The lowest BCUT2D eigenvalue weighted by Gasteiger charge is -2.38. The molecule has 3 unspecified atom stereocenters. The van der Waals surface area contributed by atoms with E-state index < -0.39 is 12.1 Å². The minimum absolute atomic E-state index is 0.0584. The second-order valence-corrected chi connectivity index (χ2v) is 11.5. The molecule has 7 nitrogen and oxygen atoms in total. The molecule has 4 rings (SSSR count). The molecule has 2 N–H and O–H groups in total. The van der Waals surface area contributed by atoms with Crippen molar-refractivity contribution in [2.75, 3.05) is 32.5 Å². The van der Waals surface area contributed by atoms with Crippen LogP contribution in [0.25, 0.3) is 10.9 Å². The summed E-state index contributed by atoms with van der Waals surface area (Å²) in [6.07, 6.45) is 4.94. The van der Waals surface area contributed by atoms with Crippen LogP contribution in [0, 0.1) is 11.8 Å². The third-order valence-electron chi connectivity index (χ3n) is 6.67. The highest BCUT2D eigenvalue weighted by atomic mass is 35.5. The van der Waals surface area contributed by atoms with Gasteiger partial charge in [-0.05, 0) is 55.8 Å². The van der Waals surface area contributed by atoms with Gasteiger partial charge in [0.2, 0.25) is 0 Å². The summed E-state index contributed by atoms with van der Waals surface area (Å²) in [5.74, 6) is 1.15. The number of methoxy groups -OCH3 is 1. The number of aliphatic hydroxyl groups is 1. The summed E-state index contributed by atoms with van der Waals surface area (Å²) >= 11 is 9.85. The molecule has 0 aliphatic carbocycles. The van der Waals surface area contributed by atoms with Gasteiger partial charge in [0, 0.05) is 54.0 Å². The maximum absolute atomic E-state index is 11.6. The maximum Gasteiger partial charge on any atom is 0.303 e. The highest BCUT2D eigenvalue weighted by molar-refractivity contribution is 8.01. The summed E-state index contributed by atoms with van der Waals surface area (Å²) in [5.41, 5.74) is 1.40. The number of thioether (sulfide) groups is 1. The standard InChI is InChI=1S/C25H30ClN3O4S2/c1-33-18-3-4-21-19(13-18)24(20(26)14-28-21)22(30)5-2-16-6-8-29(15-17(16)12-23(31)32)9-11-35-25-27-7-10-34-25/h3-4,7,10,13-14,16-17,22,30H,2,5-6,8-9,11-12,15H2,1H3,(H,31,32). The van der Waals surface area contributed by atoms with E-state index in [0.717, 1.165) is 53.5 Å². The third-order valence-corrected chi connectivity index (χ3v) is 8.91. The molecule has 0 saturated carbocycles. The summed E-state index contributed by atoms with van der Waals surface area (Å²) in [6.45, 7) is 2.61. The number of hydrogen-bond acceptors (Lipinski definition) is 8. The van der Waals surface area contributed by atoms with Crippen LogP contribution in [0.2, 0.25) is 5.02 Å².